The Morgan fingerprint density at radius 3 is 2.28 bits per heavy atom. The summed E-state index contributed by atoms with van der Waals surface area (Å²) >= 11 is 0. The molecule has 1 aromatic heterocycles. The van der Waals surface area contributed by atoms with E-state index in [2.05, 4.69) is 25.5 Å². The van der Waals surface area contributed by atoms with Crippen LogP contribution in [0.25, 0.3) is 22.0 Å². The number of fused-ring (bicyclic) bond motifs is 1. The van der Waals surface area contributed by atoms with Gasteiger partial charge in [0, 0.05) is 16.3 Å². The quantitative estimate of drug-likeness (QED) is 0.172. The number of rotatable bonds is 5. The van der Waals surface area contributed by atoms with Crippen molar-refractivity contribution in [2.24, 2.45) is 26.4 Å². The Morgan fingerprint density at radius 2 is 1.62 bits per heavy atom. The second-order valence-corrected chi connectivity index (χ2v) is 8.29. The van der Waals surface area contributed by atoms with Crippen molar-refractivity contribution in [3.63, 3.8) is 0 Å². The first-order valence-electron chi connectivity index (χ1n) is 9.46. The fraction of sp³-hybridized carbons (Fsp3) is 0.0455. The van der Waals surface area contributed by atoms with Crippen LogP contribution in [0.5, 0.6) is 0 Å². The van der Waals surface area contributed by atoms with Crippen LogP contribution in [0, 0.1) is 6.92 Å². The number of aromatic nitrogens is 1. The number of nitrogens with zero attached hydrogens (tertiary/aromatic N) is 5. The maximum Gasteiger partial charge on any atom is 0.295 e. The highest BCUT2D eigenvalue weighted by Crippen LogP contribution is 2.40. The van der Waals surface area contributed by atoms with E-state index in [1.54, 1.807) is 36.5 Å². The summed E-state index contributed by atoms with van der Waals surface area (Å²) in [7, 11) is -4.52. The molecule has 0 saturated heterocycles. The van der Waals surface area contributed by atoms with Crippen molar-refractivity contribution < 1.29 is 13.0 Å². The molecule has 3 aromatic carbocycles. The second-order valence-electron chi connectivity index (χ2n) is 6.90. The molecular formula is C22H18N6O3S. The van der Waals surface area contributed by atoms with E-state index in [9.17, 15) is 13.0 Å². The molecular weight excluding hydrogens is 428 g/mol. The van der Waals surface area contributed by atoms with Crippen molar-refractivity contribution >= 4 is 38.0 Å². The Bertz CT molecular complexity index is 1470. The number of pyridine rings is 1. The maximum atomic E-state index is 11.9. The Kier molecular flexibility index (Phi) is 5.71. The van der Waals surface area contributed by atoms with E-state index in [0.29, 0.717) is 11.1 Å². The number of hydrogen-bond acceptors (Lipinski definition) is 7. The fourth-order valence-corrected chi connectivity index (χ4v) is 4.06. The van der Waals surface area contributed by atoms with Gasteiger partial charge in [0.15, 0.2) is 0 Å². The van der Waals surface area contributed by atoms with Crippen molar-refractivity contribution in [3.8, 4) is 11.3 Å². The van der Waals surface area contributed by atoms with Gasteiger partial charge < -0.3 is 5.84 Å². The highest BCUT2D eigenvalue weighted by atomic mass is 32.2. The molecule has 0 aliphatic carbocycles. The summed E-state index contributed by atoms with van der Waals surface area (Å²) in [5.41, 5.74) is 3.64. The summed E-state index contributed by atoms with van der Waals surface area (Å²) in [4.78, 5) is 4.12. The van der Waals surface area contributed by atoms with Gasteiger partial charge in [-0.1, -0.05) is 53.8 Å². The van der Waals surface area contributed by atoms with Crippen LogP contribution in [0.15, 0.2) is 98.4 Å². The van der Waals surface area contributed by atoms with Gasteiger partial charge in [0.1, 0.15) is 22.0 Å². The Hall–Kier alpha value is -4.02. The number of hydrogen-bond donors (Lipinski definition) is 2. The molecule has 0 bridgehead atoms. The number of nitrogens with two attached hydrogens (primary N) is 1. The predicted molar refractivity (Wildman–Crippen MR) is 121 cm³/mol. The largest absolute Gasteiger partial charge is 0.305 e. The average molecular weight is 446 g/mol. The summed E-state index contributed by atoms with van der Waals surface area (Å²) in [6.45, 7) is 2.00. The lowest BCUT2D eigenvalue weighted by molar-refractivity contribution is 0.484. The molecule has 0 radical (unpaired) electrons. The summed E-state index contributed by atoms with van der Waals surface area (Å²) in [5.74, 6) is 5.24. The zero-order valence-electron chi connectivity index (χ0n) is 16.9. The summed E-state index contributed by atoms with van der Waals surface area (Å²) < 4.78 is 33.6. The van der Waals surface area contributed by atoms with Crippen LogP contribution in [0.4, 0.5) is 17.1 Å². The van der Waals surface area contributed by atoms with Gasteiger partial charge in [-0.25, -0.2) is 0 Å². The minimum atomic E-state index is -4.52. The Balaban J connectivity index is 1.78. The zero-order valence-corrected chi connectivity index (χ0v) is 17.7. The first-order valence-corrected chi connectivity index (χ1v) is 10.9. The van der Waals surface area contributed by atoms with Crippen LogP contribution in [0.3, 0.4) is 0 Å². The third kappa shape index (κ3) is 4.22. The van der Waals surface area contributed by atoms with E-state index in [4.69, 9.17) is 5.84 Å². The fourth-order valence-electron chi connectivity index (χ4n) is 3.34. The zero-order chi connectivity index (χ0) is 22.7. The van der Waals surface area contributed by atoms with E-state index in [1.807, 2.05) is 37.3 Å². The molecule has 160 valence electrons. The molecule has 32 heavy (non-hydrogen) atoms. The molecule has 0 fully saturated rings. The lowest BCUT2D eigenvalue weighted by Gasteiger charge is -2.08. The van der Waals surface area contributed by atoms with Gasteiger partial charge in [-0.2, -0.15) is 8.42 Å². The minimum absolute atomic E-state index is 0.0773. The number of azo groups is 1. The molecule has 4 aromatic rings. The van der Waals surface area contributed by atoms with Crippen LogP contribution in [-0.2, 0) is 10.1 Å². The topological polar surface area (TPSA) is 143 Å². The van der Waals surface area contributed by atoms with E-state index >= 15 is 0 Å². The second kappa shape index (κ2) is 8.61. The highest BCUT2D eigenvalue weighted by molar-refractivity contribution is 7.86. The van der Waals surface area contributed by atoms with E-state index in [1.165, 1.54) is 6.07 Å². The minimum Gasteiger partial charge on any atom is -0.305 e. The SMILES string of the molecule is Cc1ccccc1-c1ccc(N=Nc2cc(S(=O)(=O)O)c3ccccc3c2N=NN)cn1. The van der Waals surface area contributed by atoms with Crippen LogP contribution in [-0.4, -0.2) is 18.0 Å². The number of aryl methyl sites for hydroxylation is 1. The molecule has 0 spiro atoms. The lowest BCUT2D eigenvalue weighted by atomic mass is 10.1. The smallest absolute Gasteiger partial charge is 0.295 e. The van der Waals surface area contributed by atoms with Crippen molar-refractivity contribution in [2.45, 2.75) is 11.8 Å². The highest BCUT2D eigenvalue weighted by Gasteiger charge is 2.19. The van der Waals surface area contributed by atoms with Crippen molar-refractivity contribution in [1.82, 2.24) is 4.98 Å². The average Bonchev–Trinajstić information content (AvgIpc) is 2.78. The van der Waals surface area contributed by atoms with Gasteiger partial charge in [-0.05, 0) is 30.7 Å². The normalized spacial score (nSPS) is 12.2. The first kappa shape index (κ1) is 21.2. The molecule has 0 saturated carbocycles. The molecule has 0 aliphatic heterocycles. The predicted octanol–water partition coefficient (Wildman–Crippen LogP) is 5.83. The van der Waals surface area contributed by atoms with Gasteiger partial charge in [0.25, 0.3) is 10.1 Å². The van der Waals surface area contributed by atoms with E-state index < -0.39 is 10.1 Å². The van der Waals surface area contributed by atoms with Crippen molar-refractivity contribution in [3.05, 3.63) is 78.5 Å². The molecule has 0 amide bonds. The van der Waals surface area contributed by atoms with Crippen molar-refractivity contribution in [2.75, 3.05) is 0 Å². The lowest BCUT2D eigenvalue weighted by Crippen LogP contribution is -1.99. The van der Waals surface area contributed by atoms with Gasteiger partial charge >= 0.3 is 0 Å². The summed E-state index contributed by atoms with van der Waals surface area (Å²) in [6.07, 6.45) is 1.56. The molecule has 1 heterocycles. The third-order valence-electron chi connectivity index (χ3n) is 4.84. The van der Waals surface area contributed by atoms with Crippen LogP contribution < -0.4 is 5.84 Å². The van der Waals surface area contributed by atoms with E-state index in [0.717, 1.165) is 16.8 Å². The van der Waals surface area contributed by atoms with Crippen LogP contribution >= 0.6 is 0 Å². The molecule has 0 atom stereocenters. The van der Waals surface area contributed by atoms with Crippen LogP contribution in [0.2, 0.25) is 0 Å². The maximum absolute atomic E-state index is 11.9. The summed E-state index contributed by atoms with van der Waals surface area (Å²) in [5, 5.41) is 16.2. The molecule has 3 N–H and O–H groups in total. The van der Waals surface area contributed by atoms with Crippen molar-refractivity contribution in [1.29, 1.82) is 0 Å². The van der Waals surface area contributed by atoms with Gasteiger partial charge in [-0.15, -0.1) is 15.3 Å². The summed E-state index contributed by atoms with van der Waals surface area (Å²) in [6, 6.07) is 19.1. The molecule has 0 aliphatic rings. The molecule has 9 nitrogen and oxygen atoms in total. The number of benzene rings is 3. The first-order chi connectivity index (χ1) is 15.4. The van der Waals surface area contributed by atoms with E-state index in [-0.39, 0.29) is 21.7 Å². The van der Waals surface area contributed by atoms with Gasteiger partial charge in [0.2, 0.25) is 0 Å². The molecule has 0 unspecified atom stereocenters. The molecule has 10 heteroatoms. The monoisotopic (exact) mass is 446 g/mol. The van der Waals surface area contributed by atoms with Crippen LogP contribution in [0.1, 0.15) is 5.56 Å². The van der Waals surface area contributed by atoms with Gasteiger partial charge in [-0.3, -0.25) is 9.54 Å². The van der Waals surface area contributed by atoms with Gasteiger partial charge in [0.05, 0.1) is 11.9 Å². The third-order valence-corrected chi connectivity index (χ3v) is 5.73. The molecule has 4 rings (SSSR count). The standard InChI is InChI=1S/C22H18N6O3S/c1-14-6-2-3-7-16(14)19-11-10-15(13-24-19)25-26-20-12-21(32(29,30)31)17-8-4-5-9-18(17)22(20)27-28-23/h2-13H,1H3,(H2,23,27)(H,29,30,31). The Labute approximate surface area is 184 Å². The Morgan fingerprint density at radius 1 is 0.906 bits per heavy atom.